The minimum atomic E-state index is -0.0967. The molecule has 0 fully saturated rings. The molecule has 1 heterocycles. The normalized spacial score (nSPS) is 11.3. The number of aromatic nitrogens is 2. The Hall–Kier alpha value is -3.17. The highest BCUT2D eigenvalue weighted by Crippen LogP contribution is 2.19. The zero-order valence-corrected chi connectivity index (χ0v) is 14.6. The van der Waals surface area contributed by atoms with Crippen LogP contribution in [0, 0.1) is 0 Å². The molecule has 3 nitrogen and oxygen atoms in total. The number of halogens is 1. The van der Waals surface area contributed by atoms with Crippen LogP contribution in [-0.2, 0) is 0 Å². The van der Waals surface area contributed by atoms with Crippen LogP contribution in [0.2, 0.25) is 5.02 Å². The van der Waals surface area contributed by atoms with Gasteiger partial charge in [0.05, 0.1) is 16.6 Å². The van der Waals surface area contributed by atoms with Crippen LogP contribution in [-0.4, -0.2) is 9.55 Å². The molecule has 0 aliphatic carbocycles. The van der Waals surface area contributed by atoms with Gasteiger partial charge in [-0.3, -0.25) is 9.36 Å². The molecule has 0 atom stereocenters. The molecule has 3 aromatic carbocycles. The molecule has 1 aromatic heterocycles. The molecule has 0 saturated carbocycles. The summed E-state index contributed by atoms with van der Waals surface area (Å²) in [5.41, 5.74) is 2.22. The van der Waals surface area contributed by atoms with Crippen molar-refractivity contribution in [3.63, 3.8) is 0 Å². The molecule has 0 N–H and O–H groups in total. The quantitative estimate of drug-likeness (QED) is 0.504. The summed E-state index contributed by atoms with van der Waals surface area (Å²) in [6.07, 6.45) is 3.69. The molecule has 0 aliphatic heterocycles. The second-order valence-electron chi connectivity index (χ2n) is 5.82. The van der Waals surface area contributed by atoms with E-state index in [0.29, 0.717) is 21.7 Å². The Labute approximate surface area is 155 Å². The van der Waals surface area contributed by atoms with Crippen LogP contribution in [0.3, 0.4) is 0 Å². The SMILES string of the molecule is O=c1c2ccccc2nc(/C=C/c2ccccc2Cl)n1-c1ccccc1. The van der Waals surface area contributed by atoms with E-state index in [1.165, 1.54) is 0 Å². The van der Waals surface area contributed by atoms with Crippen molar-refractivity contribution in [3.8, 4) is 5.69 Å². The molecule has 4 rings (SSSR count). The summed E-state index contributed by atoms with van der Waals surface area (Å²) in [6.45, 7) is 0. The summed E-state index contributed by atoms with van der Waals surface area (Å²) in [7, 11) is 0. The minimum Gasteiger partial charge on any atom is -0.268 e. The van der Waals surface area contributed by atoms with Gasteiger partial charge >= 0.3 is 0 Å². The van der Waals surface area contributed by atoms with Gasteiger partial charge in [-0.05, 0) is 48.0 Å². The van der Waals surface area contributed by atoms with Gasteiger partial charge in [0.2, 0.25) is 0 Å². The third-order valence-corrected chi connectivity index (χ3v) is 4.48. The van der Waals surface area contributed by atoms with E-state index >= 15 is 0 Å². The van der Waals surface area contributed by atoms with Crippen molar-refractivity contribution in [2.75, 3.05) is 0 Å². The summed E-state index contributed by atoms with van der Waals surface area (Å²) in [5.74, 6) is 0.555. The van der Waals surface area contributed by atoms with Gasteiger partial charge in [0.15, 0.2) is 0 Å². The Morgan fingerprint density at radius 3 is 2.31 bits per heavy atom. The van der Waals surface area contributed by atoms with Gasteiger partial charge < -0.3 is 0 Å². The van der Waals surface area contributed by atoms with Crippen LogP contribution < -0.4 is 5.56 Å². The summed E-state index contributed by atoms with van der Waals surface area (Å²) in [5, 5.41) is 1.24. The van der Waals surface area contributed by atoms with Crippen LogP contribution in [0.15, 0.2) is 83.7 Å². The molecule has 4 heteroatoms. The molecule has 0 amide bonds. The van der Waals surface area contributed by atoms with Gasteiger partial charge in [0.25, 0.3) is 5.56 Å². The number of nitrogens with zero attached hydrogens (tertiary/aromatic N) is 2. The van der Waals surface area contributed by atoms with Crippen molar-refractivity contribution < 1.29 is 0 Å². The molecule has 0 unspecified atom stereocenters. The molecule has 0 aliphatic rings. The third kappa shape index (κ3) is 3.05. The zero-order chi connectivity index (χ0) is 17.9. The van der Waals surface area contributed by atoms with E-state index in [4.69, 9.17) is 16.6 Å². The van der Waals surface area contributed by atoms with Crippen molar-refractivity contribution in [3.05, 3.63) is 106 Å². The number of para-hydroxylation sites is 2. The van der Waals surface area contributed by atoms with Gasteiger partial charge in [-0.15, -0.1) is 0 Å². The Morgan fingerprint density at radius 1 is 0.808 bits per heavy atom. The monoisotopic (exact) mass is 358 g/mol. The molecule has 4 aromatic rings. The average molecular weight is 359 g/mol. The van der Waals surface area contributed by atoms with Crippen LogP contribution >= 0.6 is 11.6 Å². The van der Waals surface area contributed by atoms with Gasteiger partial charge in [0, 0.05) is 5.02 Å². The van der Waals surface area contributed by atoms with Crippen LogP contribution in [0.4, 0.5) is 0 Å². The lowest BCUT2D eigenvalue weighted by Gasteiger charge is -2.11. The van der Waals surface area contributed by atoms with E-state index in [0.717, 1.165) is 11.3 Å². The first-order valence-corrected chi connectivity index (χ1v) is 8.62. The smallest absolute Gasteiger partial charge is 0.266 e. The van der Waals surface area contributed by atoms with Crippen LogP contribution in [0.5, 0.6) is 0 Å². The number of benzene rings is 3. The highest BCUT2D eigenvalue weighted by atomic mass is 35.5. The first-order valence-electron chi connectivity index (χ1n) is 8.24. The largest absolute Gasteiger partial charge is 0.268 e. The van der Waals surface area contributed by atoms with E-state index in [1.807, 2.05) is 84.9 Å². The fourth-order valence-electron chi connectivity index (χ4n) is 2.86. The third-order valence-electron chi connectivity index (χ3n) is 4.13. The van der Waals surface area contributed by atoms with Crippen molar-refractivity contribution in [1.82, 2.24) is 9.55 Å². The molecule has 0 bridgehead atoms. The lowest BCUT2D eigenvalue weighted by Crippen LogP contribution is -2.22. The molecule has 0 saturated heterocycles. The summed E-state index contributed by atoms with van der Waals surface area (Å²) >= 11 is 6.23. The summed E-state index contributed by atoms with van der Waals surface area (Å²) < 4.78 is 1.62. The molecular formula is C22H15ClN2O. The fraction of sp³-hybridized carbons (Fsp3) is 0. The van der Waals surface area contributed by atoms with Crippen molar-refractivity contribution in [2.24, 2.45) is 0 Å². The summed E-state index contributed by atoms with van der Waals surface area (Å²) in [4.78, 5) is 17.8. The number of rotatable bonds is 3. The lowest BCUT2D eigenvalue weighted by molar-refractivity contribution is 0.944. The second-order valence-corrected chi connectivity index (χ2v) is 6.23. The Bertz CT molecular complexity index is 1160. The van der Waals surface area contributed by atoms with E-state index < -0.39 is 0 Å². The molecule has 0 radical (unpaired) electrons. The Balaban J connectivity index is 1.96. The predicted octanol–water partition coefficient (Wildman–Crippen LogP) is 5.21. The first kappa shape index (κ1) is 16.3. The highest BCUT2D eigenvalue weighted by molar-refractivity contribution is 6.32. The zero-order valence-electron chi connectivity index (χ0n) is 13.8. The molecular weight excluding hydrogens is 344 g/mol. The number of hydrogen-bond donors (Lipinski definition) is 0. The maximum Gasteiger partial charge on any atom is 0.266 e. The maximum atomic E-state index is 13.1. The van der Waals surface area contributed by atoms with E-state index in [2.05, 4.69) is 0 Å². The standard InChI is InChI=1S/C22H15ClN2O/c23-19-12-6-4-8-16(19)14-15-21-24-20-13-7-5-11-18(20)22(26)25(21)17-9-2-1-3-10-17/h1-15H/b15-14+. The lowest BCUT2D eigenvalue weighted by atomic mass is 10.2. The van der Waals surface area contributed by atoms with Crippen molar-refractivity contribution in [2.45, 2.75) is 0 Å². The van der Waals surface area contributed by atoms with Crippen molar-refractivity contribution in [1.29, 1.82) is 0 Å². The van der Waals surface area contributed by atoms with Gasteiger partial charge in [-0.2, -0.15) is 0 Å². The van der Waals surface area contributed by atoms with Gasteiger partial charge in [0.1, 0.15) is 5.82 Å². The highest BCUT2D eigenvalue weighted by Gasteiger charge is 2.10. The minimum absolute atomic E-state index is 0.0967. The topological polar surface area (TPSA) is 34.9 Å². The van der Waals surface area contributed by atoms with E-state index in [-0.39, 0.29) is 5.56 Å². The van der Waals surface area contributed by atoms with Crippen LogP contribution in [0.25, 0.3) is 28.7 Å². The molecule has 126 valence electrons. The molecule has 0 spiro atoms. The number of fused-ring (bicyclic) bond motifs is 1. The Morgan fingerprint density at radius 2 is 1.50 bits per heavy atom. The first-order chi connectivity index (χ1) is 12.7. The average Bonchev–Trinajstić information content (AvgIpc) is 2.68. The van der Waals surface area contributed by atoms with Crippen LogP contribution in [0.1, 0.15) is 11.4 Å². The van der Waals surface area contributed by atoms with E-state index in [1.54, 1.807) is 10.6 Å². The van der Waals surface area contributed by atoms with Gasteiger partial charge in [-0.1, -0.05) is 60.1 Å². The van der Waals surface area contributed by atoms with E-state index in [9.17, 15) is 4.79 Å². The second kappa shape index (κ2) is 6.98. The summed E-state index contributed by atoms with van der Waals surface area (Å²) in [6, 6.07) is 24.4. The molecule has 26 heavy (non-hydrogen) atoms. The van der Waals surface area contributed by atoms with Crippen molar-refractivity contribution >= 4 is 34.7 Å². The predicted molar refractivity (Wildman–Crippen MR) is 108 cm³/mol. The Kier molecular flexibility index (Phi) is 4.38. The maximum absolute atomic E-state index is 13.1. The number of hydrogen-bond acceptors (Lipinski definition) is 2. The fourth-order valence-corrected chi connectivity index (χ4v) is 3.06. The van der Waals surface area contributed by atoms with Gasteiger partial charge in [-0.25, -0.2) is 4.98 Å².